The van der Waals surface area contributed by atoms with Gasteiger partial charge in [0.15, 0.2) is 5.96 Å². The average molecular weight is 362 g/mol. The smallest absolute Gasteiger partial charge is 0.191 e. The summed E-state index contributed by atoms with van der Waals surface area (Å²) in [5.74, 6) is 0.577. The predicted molar refractivity (Wildman–Crippen MR) is 103 cm³/mol. The van der Waals surface area contributed by atoms with Gasteiger partial charge < -0.3 is 15.4 Å². The van der Waals surface area contributed by atoms with E-state index in [1.807, 2.05) is 6.07 Å². The summed E-state index contributed by atoms with van der Waals surface area (Å²) >= 11 is 0. The number of aliphatic imine (C=N–C) groups is 1. The molecule has 0 atom stereocenters. The normalized spacial score (nSPS) is 20.9. The lowest BCUT2D eigenvalue weighted by atomic mass is 9.88. The van der Waals surface area contributed by atoms with E-state index in [1.165, 1.54) is 38.1 Å². The van der Waals surface area contributed by atoms with Gasteiger partial charge in [0.25, 0.3) is 0 Å². The highest BCUT2D eigenvalue weighted by molar-refractivity contribution is 5.79. The highest BCUT2D eigenvalue weighted by Crippen LogP contribution is 2.30. The van der Waals surface area contributed by atoms with Crippen molar-refractivity contribution in [3.05, 3.63) is 35.6 Å². The predicted octanol–water partition coefficient (Wildman–Crippen LogP) is 2.53. The molecule has 1 aromatic rings. The number of nitrogens with zero attached hydrogens (tertiary/aromatic N) is 2. The molecule has 2 saturated heterocycles. The molecule has 0 unspecified atom stereocenters. The third kappa shape index (κ3) is 4.95. The molecule has 2 aliphatic rings. The van der Waals surface area contributed by atoms with E-state index in [0.717, 1.165) is 50.7 Å². The number of hydrogen-bond acceptors (Lipinski definition) is 3. The molecular weight excluding hydrogens is 331 g/mol. The lowest BCUT2D eigenvalue weighted by Crippen LogP contribution is -2.58. The number of nitrogens with one attached hydrogen (secondary N) is 2. The fourth-order valence-electron chi connectivity index (χ4n) is 3.94. The molecule has 2 N–H and O–H groups in total. The second-order valence-electron chi connectivity index (χ2n) is 7.21. The topological polar surface area (TPSA) is 48.9 Å². The van der Waals surface area contributed by atoms with Crippen molar-refractivity contribution in [2.75, 3.05) is 39.4 Å². The first-order valence-electron chi connectivity index (χ1n) is 9.81. The first kappa shape index (κ1) is 19.1. The molecule has 2 aliphatic heterocycles. The van der Waals surface area contributed by atoms with E-state index >= 15 is 0 Å². The molecule has 1 aromatic carbocycles. The third-order valence-corrected chi connectivity index (χ3v) is 5.44. The summed E-state index contributed by atoms with van der Waals surface area (Å²) < 4.78 is 19.0. The van der Waals surface area contributed by atoms with E-state index < -0.39 is 0 Å². The number of halogens is 1. The summed E-state index contributed by atoms with van der Waals surface area (Å²) in [4.78, 5) is 7.28. The van der Waals surface area contributed by atoms with E-state index in [0.29, 0.717) is 6.54 Å². The maximum Gasteiger partial charge on any atom is 0.191 e. The van der Waals surface area contributed by atoms with Crippen LogP contribution >= 0.6 is 0 Å². The molecule has 6 heteroatoms. The average Bonchev–Trinajstić information content (AvgIpc) is 3.20. The second kappa shape index (κ2) is 9.33. The minimum absolute atomic E-state index is 0.157. The van der Waals surface area contributed by atoms with Crippen molar-refractivity contribution in [3.63, 3.8) is 0 Å². The van der Waals surface area contributed by atoms with Gasteiger partial charge in [-0.2, -0.15) is 0 Å². The zero-order valence-corrected chi connectivity index (χ0v) is 15.8. The number of benzene rings is 1. The van der Waals surface area contributed by atoms with Crippen molar-refractivity contribution in [2.45, 2.75) is 44.7 Å². The minimum Gasteiger partial charge on any atom is -0.381 e. The molecule has 0 radical (unpaired) electrons. The summed E-state index contributed by atoms with van der Waals surface area (Å²) in [6, 6.07) is 6.63. The van der Waals surface area contributed by atoms with Crippen LogP contribution in [0.5, 0.6) is 0 Å². The Morgan fingerprint density at radius 2 is 2.00 bits per heavy atom. The molecule has 0 spiro atoms. The summed E-state index contributed by atoms with van der Waals surface area (Å²) in [5, 5.41) is 6.85. The van der Waals surface area contributed by atoms with Gasteiger partial charge in [-0.3, -0.25) is 4.90 Å². The third-order valence-electron chi connectivity index (χ3n) is 5.44. The van der Waals surface area contributed by atoms with Gasteiger partial charge in [0.2, 0.25) is 0 Å². The number of rotatable bonds is 6. The van der Waals surface area contributed by atoms with Gasteiger partial charge >= 0.3 is 0 Å². The SMILES string of the molecule is CCNC(=NCc1cccc(F)c1)NCC1(N2CCCC2)CCOCC1. The standard InChI is InChI=1S/C20H31FN4O/c1-2-22-19(23-15-17-6-5-7-18(21)14-17)24-16-20(8-12-26-13-9-20)25-10-3-4-11-25/h5-7,14H,2-4,8-13,15-16H2,1H3,(H2,22,23,24). The Morgan fingerprint density at radius 1 is 1.23 bits per heavy atom. The Balaban J connectivity index is 1.65. The molecular formula is C20H31FN4O. The maximum atomic E-state index is 13.4. The van der Waals surface area contributed by atoms with Crippen LogP contribution in [0.25, 0.3) is 0 Å². The quantitative estimate of drug-likeness (QED) is 0.603. The molecule has 0 saturated carbocycles. The van der Waals surface area contributed by atoms with Gasteiger partial charge in [-0.15, -0.1) is 0 Å². The fourth-order valence-corrected chi connectivity index (χ4v) is 3.94. The summed E-state index contributed by atoms with van der Waals surface area (Å²) in [6.45, 7) is 8.21. The van der Waals surface area contributed by atoms with Crippen molar-refractivity contribution in [2.24, 2.45) is 4.99 Å². The molecule has 5 nitrogen and oxygen atoms in total. The monoisotopic (exact) mass is 362 g/mol. The lowest BCUT2D eigenvalue weighted by molar-refractivity contribution is -0.0164. The van der Waals surface area contributed by atoms with Gasteiger partial charge in [-0.05, 0) is 63.4 Å². The van der Waals surface area contributed by atoms with Gasteiger partial charge in [0.1, 0.15) is 5.82 Å². The van der Waals surface area contributed by atoms with E-state index in [4.69, 9.17) is 4.74 Å². The molecule has 2 heterocycles. The Hall–Kier alpha value is -1.66. The van der Waals surface area contributed by atoms with E-state index in [9.17, 15) is 4.39 Å². The van der Waals surface area contributed by atoms with Gasteiger partial charge in [-0.1, -0.05) is 12.1 Å². The minimum atomic E-state index is -0.217. The Kier molecular flexibility index (Phi) is 6.86. The summed E-state index contributed by atoms with van der Waals surface area (Å²) in [6.07, 6.45) is 4.69. The molecule has 0 aliphatic carbocycles. The van der Waals surface area contributed by atoms with Crippen LogP contribution < -0.4 is 10.6 Å². The zero-order valence-electron chi connectivity index (χ0n) is 15.8. The molecule has 144 valence electrons. The first-order chi connectivity index (χ1) is 12.7. The largest absolute Gasteiger partial charge is 0.381 e. The second-order valence-corrected chi connectivity index (χ2v) is 7.21. The van der Waals surface area contributed by atoms with Crippen molar-refractivity contribution in [3.8, 4) is 0 Å². The molecule has 3 rings (SSSR count). The Bertz CT molecular complexity index is 595. The summed E-state index contributed by atoms with van der Waals surface area (Å²) in [7, 11) is 0. The number of likely N-dealkylation sites (tertiary alicyclic amines) is 1. The highest BCUT2D eigenvalue weighted by Gasteiger charge is 2.39. The van der Waals surface area contributed by atoms with Gasteiger partial charge in [0.05, 0.1) is 6.54 Å². The lowest BCUT2D eigenvalue weighted by Gasteiger charge is -2.45. The zero-order chi connectivity index (χ0) is 18.2. The number of hydrogen-bond donors (Lipinski definition) is 2. The first-order valence-corrected chi connectivity index (χ1v) is 9.81. The summed E-state index contributed by atoms with van der Waals surface area (Å²) in [5.41, 5.74) is 1.03. The van der Waals surface area contributed by atoms with Crippen LogP contribution in [0.15, 0.2) is 29.3 Å². The Labute approximate surface area is 156 Å². The van der Waals surface area contributed by atoms with E-state index in [-0.39, 0.29) is 11.4 Å². The number of ether oxygens (including phenoxy) is 1. The van der Waals surface area contributed by atoms with Crippen molar-refractivity contribution >= 4 is 5.96 Å². The van der Waals surface area contributed by atoms with Crippen LogP contribution in [0.2, 0.25) is 0 Å². The van der Waals surface area contributed by atoms with Crippen molar-refractivity contribution < 1.29 is 9.13 Å². The van der Waals surface area contributed by atoms with Crippen LogP contribution in [0.1, 0.15) is 38.2 Å². The van der Waals surface area contributed by atoms with Gasteiger partial charge in [-0.25, -0.2) is 9.38 Å². The van der Waals surface area contributed by atoms with Crippen LogP contribution in [-0.4, -0.2) is 55.8 Å². The molecule has 0 aromatic heterocycles. The Morgan fingerprint density at radius 3 is 2.69 bits per heavy atom. The molecule has 26 heavy (non-hydrogen) atoms. The molecule has 2 fully saturated rings. The maximum absolute atomic E-state index is 13.4. The molecule has 0 amide bonds. The van der Waals surface area contributed by atoms with Crippen LogP contribution in [-0.2, 0) is 11.3 Å². The fraction of sp³-hybridized carbons (Fsp3) is 0.650. The van der Waals surface area contributed by atoms with E-state index in [1.54, 1.807) is 6.07 Å². The van der Waals surface area contributed by atoms with Gasteiger partial charge in [0, 0.05) is 31.8 Å². The highest BCUT2D eigenvalue weighted by atomic mass is 19.1. The van der Waals surface area contributed by atoms with Crippen molar-refractivity contribution in [1.29, 1.82) is 0 Å². The van der Waals surface area contributed by atoms with E-state index in [2.05, 4.69) is 27.4 Å². The molecule has 0 bridgehead atoms. The van der Waals surface area contributed by atoms with Crippen LogP contribution in [0, 0.1) is 5.82 Å². The van der Waals surface area contributed by atoms with Crippen LogP contribution in [0.4, 0.5) is 4.39 Å². The number of guanidine groups is 1. The van der Waals surface area contributed by atoms with Crippen molar-refractivity contribution in [1.82, 2.24) is 15.5 Å². The van der Waals surface area contributed by atoms with Crippen LogP contribution in [0.3, 0.4) is 0 Å².